The SMILES string of the molecule is O=C(/N=C(/Nc1cc(F)cc(Cl)c1)Nc1cc(-c2ccccc2)n[nH]1)c1ccc(C(F)(F)F)cc1. The number of anilines is 2. The van der Waals surface area contributed by atoms with Gasteiger partial charge in [-0.2, -0.15) is 23.3 Å². The van der Waals surface area contributed by atoms with Crippen molar-refractivity contribution in [2.24, 2.45) is 4.99 Å². The fourth-order valence-electron chi connectivity index (χ4n) is 3.09. The van der Waals surface area contributed by atoms with Crippen molar-refractivity contribution in [2.45, 2.75) is 6.18 Å². The lowest BCUT2D eigenvalue weighted by Gasteiger charge is -2.12. The predicted octanol–water partition coefficient (Wildman–Crippen LogP) is 6.61. The Hall–Kier alpha value is -4.18. The number of hydrogen-bond donors (Lipinski definition) is 3. The molecule has 35 heavy (non-hydrogen) atoms. The Labute approximate surface area is 201 Å². The van der Waals surface area contributed by atoms with Gasteiger partial charge in [0.2, 0.25) is 5.96 Å². The van der Waals surface area contributed by atoms with Crippen molar-refractivity contribution >= 4 is 35.0 Å². The van der Waals surface area contributed by atoms with Gasteiger partial charge in [0.25, 0.3) is 5.91 Å². The number of rotatable bonds is 4. The zero-order valence-corrected chi connectivity index (χ0v) is 18.5. The minimum atomic E-state index is -4.53. The Morgan fingerprint density at radius 3 is 2.31 bits per heavy atom. The molecule has 1 aromatic heterocycles. The highest BCUT2D eigenvalue weighted by molar-refractivity contribution is 6.31. The van der Waals surface area contributed by atoms with Gasteiger partial charge in [0, 0.05) is 27.9 Å². The van der Waals surface area contributed by atoms with Crippen LogP contribution in [0.2, 0.25) is 5.02 Å². The maximum atomic E-state index is 13.8. The van der Waals surface area contributed by atoms with Gasteiger partial charge in [0.15, 0.2) is 0 Å². The van der Waals surface area contributed by atoms with Gasteiger partial charge in [-0.3, -0.25) is 9.89 Å². The van der Waals surface area contributed by atoms with Gasteiger partial charge in [-0.15, -0.1) is 0 Å². The van der Waals surface area contributed by atoms with Crippen molar-refractivity contribution in [1.82, 2.24) is 10.2 Å². The third-order valence-electron chi connectivity index (χ3n) is 4.70. The lowest BCUT2D eigenvalue weighted by Crippen LogP contribution is -2.24. The first-order chi connectivity index (χ1) is 16.7. The number of benzene rings is 3. The van der Waals surface area contributed by atoms with E-state index in [4.69, 9.17) is 11.6 Å². The van der Waals surface area contributed by atoms with Crippen molar-refractivity contribution in [3.05, 3.63) is 101 Å². The van der Waals surface area contributed by atoms with Gasteiger partial charge in [-0.25, -0.2) is 4.39 Å². The molecule has 0 aliphatic carbocycles. The van der Waals surface area contributed by atoms with Crippen LogP contribution in [0, 0.1) is 5.82 Å². The Bertz CT molecular complexity index is 1350. The summed E-state index contributed by atoms with van der Waals surface area (Å²) in [7, 11) is 0. The molecule has 0 unspecified atom stereocenters. The summed E-state index contributed by atoms with van der Waals surface area (Å²) >= 11 is 5.90. The molecule has 178 valence electrons. The molecule has 6 nitrogen and oxygen atoms in total. The van der Waals surface area contributed by atoms with Crippen LogP contribution in [-0.2, 0) is 6.18 Å². The molecular formula is C24H16ClF4N5O. The number of nitrogens with one attached hydrogen (secondary N) is 3. The first kappa shape index (κ1) is 24.0. The smallest absolute Gasteiger partial charge is 0.325 e. The van der Waals surface area contributed by atoms with Crippen molar-refractivity contribution in [3.8, 4) is 11.3 Å². The fraction of sp³-hybridized carbons (Fsp3) is 0.0417. The molecule has 3 aromatic carbocycles. The second-order valence-electron chi connectivity index (χ2n) is 7.28. The maximum Gasteiger partial charge on any atom is 0.416 e. The number of carbonyl (C=O) groups is 1. The number of nitrogens with zero attached hydrogens (tertiary/aromatic N) is 2. The minimum absolute atomic E-state index is 0.0778. The first-order valence-corrected chi connectivity index (χ1v) is 10.5. The number of amides is 1. The molecule has 4 aromatic rings. The van der Waals surface area contributed by atoms with Crippen molar-refractivity contribution in [1.29, 1.82) is 0 Å². The van der Waals surface area contributed by atoms with Gasteiger partial charge < -0.3 is 10.6 Å². The largest absolute Gasteiger partial charge is 0.416 e. The molecule has 1 amide bonds. The van der Waals surface area contributed by atoms with Crippen LogP contribution >= 0.6 is 11.6 Å². The highest BCUT2D eigenvalue weighted by Crippen LogP contribution is 2.29. The van der Waals surface area contributed by atoms with E-state index >= 15 is 0 Å². The van der Waals surface area contributed by atoms with Gasteiger partial charge in [-0.05, 0) is 42.5 Å². The molecular weight excluding hydrogens is 486 g/mol. The van der Waals surface area contributed by atoms with Crippen LogP contribution < -0.4 is 10.6 Å². The normalized spacial score (nSPS) is 11.9. The van der Waals surface area contributed by atoms with E-state index in [0.717, 1.165) is 42.0 Å². The second-order valence-corrected chi connectivity index (χ2v) is 7.72. The van der Waals surface area contributed by atoms with Crippen LogP contribution in [0.3, 0.4) is 0 Å². The Kier molecular flexibility index (Phi) is 6.83. The number of carbonyl (C=O) groups excluding carboxylic acids is 1. The molecule has 11 heteroatoms. The summed E-state index contributed by atoms with van der Waals surface area (Å²) in [6.45, 7) is 0. The average molecular weight is 502 g/mol. The van der Waals surface area contributed by atoms with Gasteiger partial charge in [0.05, 0.1) is 11.3 Å². The van der Waals surface area contributed by atoms with Gasteiger partial charge in [0.1, 0.15) is 11.6 Å². The third-order valence-corrected chi connectivity index (χ3v) is 4.92. The van der Waals surface area contributed by atoms with E-state index < -0.39 is 23.5 Å². The van der Waals surface area contributed by atoms with Gasteiger partial charge in [-0.1, -0.05) is 41.9 Å². The standard InChI is InChI=1S/C24H16ClF4N5O/c25-17-10-18(26)12-19(11-17)30-23(31-21-13-20(33-34-21)14-4-2-1-3-5-14)32-22(35)15-6-8-16(9-7-15)24(27,28)29/h1-13H,(H3,30,31,32,33,34,35). The number of guanidine groups is 1. The number of aromatic amines is 1. The molecule has 3 N–H and O–H groups in total. The first-order valence-electron chi connectivity index (χ1n) is 10.1. The Morgan fingerprint density at radius 1 is 0.943 bits per heavy atom. The molecule has 0 aliphatic rings. The van der Waals surface area contributed by atoms with Crippen molar-refractivity contribution in [2.75, 3.05) is 10.6 Å². The zero-order valence-electron chi connectivity index (χ0n) is 17.7. The van der Waals surface area contributed by atoms with E-state index in [1.54, 1.807) is 6.07 Å². The number of hydrogen-bond acceptors (Lipinski definition) is 2. The van der Waals surface area contributed by atoms with E-state index in [-0.39, 0.29) is 22.2 Å². The van der Waals surface area contributed by atoms with Crippen LogP contribution in [0.5, 0.6) is 0 Å². The van der Waals surface area contributed by atoms with E-state index in [2.05, 4.69) is 25.8 Å². The molecule has 0 fully saturated rings. The summed E-state index contributed by atoms with van der Waals surface area (Å²) in [4.78, 5) is 16.6. The Morgan fingerprint density at radius 2 is 1.66 bits per heavy atom. The molecule has 0 bridgehead atoms. The summed E-state index contributed by atoms with van der Waals surface area (Å²) in [5.74, 6) is -1.25. The molecule has 0 saturated heterocycles. The van der Waals surface area contributed by atoms with E-state index in [1.807, 2.05) is 30.3 Å². The van der Waals surface area contributed by atoms with E-state index in [9.17, 15) is 22.4 Å². The highest BCUT2D eigenvalue weighted by atomic mass is 35.5. The fourth-order valence-corrected chi connectivity index (χ4v) is 3.31. The van der Waals surface area contributed by atoms with Crippen LogP contribution in [0.25, 0.3) is 11.3 Å². The third kappa shape index (κ3) is 6.24. The topological polar surface area (TPSA) is 82.2 Å². The van der Waals surface area contributed by atoms with E-state index in [1.165, 1.54) is 6.07 Å². The summed E-state index contributed by atoms with van der Waals surface area (Å²) in [5, 5.41) is 12.7. The number of halogens is 5. The number of aliphatic imine (C=N–C) groups is 1. The Balaban J connectivity index is 1.62. The molecule has 0 spiro atoms. The van der Waals surface area contributed by atoms with Gasteiger partial charge >= 0.3 is 6.18 Å². The summed E-state index contributed by atoms with van der Waals surface area (Å²) in [5.41, 5.74) is 0.654. The molecule has 4 rings (SSSR count). The second kappa shape index (κ2) is 9.98. The molecule has 1 heterocycles. The zero-order chi connectivity index (χ0) is 25.0. The highest BCUT2D eigenvalue weighted by Gasteiger charge is 2.30. The van der Waals surface area contributed by atoms with Crippen LogP contribution in [-0.4, -0.2) is 22.1 Å². The minimum Gasteiger partial charge on any atom is -0.325 e. The molecule has 0 saturated carbocycles. The lowest BCUT2D eigenvalue weighted by atomic mass is 10.1. The van der Waals surface area contributed by atoms with E-state index in [0.29, 0.717) is 11.5 Å². The average Bonchev–Trinajstić information content (AvgIpc) is 3.27. The monoisotopic (exact) mass is 501 g/mol. The molecule has 0 atom stereocenters. The number of alkyl halides is 3. The summed E-state index contributed by atoms with van der Waals surface area (Å²) < 4.78 is 52.3. The van der Waals surface area contributed by atoms with Crippen LogP contribution in [0.1, 0.15) is 15.9 Å². The van der Waals surface area contributed by atoms with Crippen molar-refractivity contribution < 1.29 is 22.4 Å². The molecule has 0 radical (unpaired) electrons. The lowest BCUT2D eigenvalue weighted by molar-refractivity contribution is -0.137. The molecule has 0 aliphatic heterocycles. The quantitative estimate of drug-likeness (QED) is 0.167. The summed E-state index contributed by atoms with van der Waals surface area (Å²) in [6, 6.07) is 18.2. The number of H-pyrrole nitrogens is 1. The predicted molar refractivity (Wildman–Crippen MR) is 126 cm³/mol. The number of aromatic nitrogens is 2. The summed E-state index contributed by atoms with van der Waals surface area (Å²) in [6.07, 6.45) is -4.53. The van der Waals surface area contributed by atoms with Crippen LogP contribution in [0.15, 0.2) is 83.9 Å². The maximum absolute atomic E-state index is 13.8. The van der Waals surface area contributed by atoms with Crippen LogP contribution in [0.4, 0.5) is 29.1 Å². The van der Waals surface area contributed by atoms with Crippen molar-refractivity contribution in [3.63, 3.8) is 0 Å².